The fourth-order valence-electron chi connectivity index (χ4n) is 3.65. The van der Waals surface area contributed by atoms with Gasteiger partial charge in [0, 0.05) is 55.4 Å². The summed E-state index contributed by atoms with van der Waals surface area (Å²) in [7, 11) is 0. The minimum Gasteiger partial charge on any atom is -0.376 e. The Morgan fingerprint density at radius 2 is 1.97 bits per heavy atom. The van der Waals surface area contributed by atoms with Crippen molar-refractivity contribution < 1.29 is 14.3 Å². The van der Waals surface area contributed by atoms with Crippen LogP contribution in [0.5, 0.6) is 0 Å². The van der Waals surface area contributed by atoms with Crippen LogP contribution >= 0.6 is 22.9 Å². The van der Waals surface area contributed by atoms with E-state index >= 15 is 0 Å². The zero-order chi connectivity index (χ0) is 21.6. The van der Waals surface area contributed by atoms with Crippen molar-refractivity contribution in [3.05, 3.63) is 40.4 Å². The van der Waals surface area contributed by atoms with E-state index in [1.165, 1.54) is 11.3 Å². The fourth-order valence-corrected chi connectivity index (χ4v) is 4.48. The molecular formula is C21H26ClN5O3S. The maximum absolute atomic E-state index is 12.8. The Balaban J connectivity index is 1.21. The molecule has 0 bridgehead atoms. The third-order valence-corrected chi connectivity index (χ3v) is 6.41. The summed E-state index contributed by atoms with van der Waals surface area (Å²) in [6, 6.07) is 7.32. The molecule has 2 N–H and O–H groups in total. The number of anilines is 2. The second-order valence-electron chi connectivity index (χ2n) is 7.68. The molecule has 1 aromatic carbocycles. The van der Waals surface area contributed by atoms with Crippen LogP contribution < -0.4 is 10.6 Å². The van der Waals surface area contributed by atoms with E-state index in [4.69, 9.17) is 16.3 Å². The van der Waals surface area contributed by atoms with Gasteiger partial charge < -0.3 is 20.3 Å². The van der Waals surface area contributed by atoms with Gasteiger partial charge in [-0.05, 0) is 37.1 Å². The molecule has 10 heteroatoms. The first-order valence-electron chi connectivity index (χ1n) is 10.4. The second-order valence-corrected chi connectivity index (χ2v) is 8.97. The number of piperazine rings is 1. The Kier molecular flexibility index (Phi) is 7.39. The maximum atomic E-state index is 12.8. The summed E-state index contributed by atoms with van der Waals surface area (Å²) >= 11 is 7.29. The van der Waals surface area contributed by atoms with E-state index in [1.807, 2.05) is 12.1 Å². The number of aromatic nitrogens is 1. The number of hydrogen-bond donors (Lipinski definition) is 2. The number of hydrogen-bond acceptors (Lipinski definition) is 7. The molecule has 8 nitrogen and oxygen atoms in total. The molecule has 4 rings (SSSR count). The molecule has 0 radical (unpaired) electrons. The Labute approximate surface area is 190 Å². The number of halogens is 1. The van der Waals surface area contributed by atoms with Crippen molar-refractivity contribution in [3.63, 3.8) is 0 Å². The lowest BCUT2D eigenvalue weighted by Gasteiger charge is -2.34. The fraction of sp³-hybridized carbons (Fsp3) is 0.476. The second kappa shape index (κ2) is 10.4. The molecule has 2 fully saturated rings. The summed E-state index contributed by atoms with van der Waals surface area (Å²) in [5.41, 5.74) is 1.30. The Morgan fingerprint density at radius 1 is 1.19 bits per heavy atom. The molecule has 31 heavy (non-hydrogen) atoms. The highest BCUT2D eigenvalue weighted by Crippen LogP contribution is 2.23. The third kappa shape index (κ3) is 6.16. The predicted octanol–water partition coefficient (Wildman–Crippen LogP) is 2.59. The van der Waals surface area contributed by atoms with Gasteiger partial charge in [-0.15, -0.1) is 11.3 Å². The SMILES string of the molecule is O=C(CN1CCN(C(=O)c2csc(Nc3ccc(Cl)cc3)n2)CC1)NCC1CCCO1. The minimum atomic E-state index is -0.0807. The number of nitrogens with one attached hydrogen (secondary N) is 2. The molecule has 2 aromatic rings. The van der Waals surface area contributed by atoms with Gasteiger partial charge in [0.05, 0.1) is 12.6 Å². The number of thiazole rings is 1. The van der Waals surface area contributed by atoms with E-state index < -0.39 is 0 Å². The molecule has 2 saturated heterocycles. The van der Waals surface area contributed by atoms with Gasteiger partial charge in [-0.2, -0.15) is 0 Å². The maximum Gasteiger partial charge on any atom is 0.273 e. The summed E-state index contributed by atoms with van der Waals surface area (Å²) in [6.07, 6.45) is 2.22. The first-order valence-corrected chi connectivity index (χ1v) is 11.7. The van der Waals surface area contributed by atoms with Gasteiger partial charge in [-0.1, -0.05) is 11.6 Å². The zero-order valence-electron chi connectivity index (χ0n) is 17.2. The van der Waals surface area contributed by atoms with E-state index in [0.29, 0.717) is 55.1 Å². The van der Waals surface area contributed by atoms with Gasteiger partial charge in [-0.25, -0.2) is 4.98 Å². The van der Waals surface area contributed by atoms with Crippen LogP contribution in [-0.2, 0) is 9.53 Å². The highest BCUT2D eigenvalue weighted by molar-refractivity contribution is 7.14. The van der Waals surface area contributed by atoms with Crippen LogP contribution in [0.2, 0.25) is 5.02 Å². The quantitative estimate of drug-likeness (QED) is 0.656. The van der Waals surface area contributed by atoms with Crippen molar-refractivity contribution >= 4 is 45.6 Å². The topological polar surface area (TPSA) is 86.8 Å². The van der Waals surface area contributed by atoms with Gasteiger partial charge in [0.25, 0.3) is 5.91 Å². The predicted molar refractivity (Wildman–Crippen MR) is 121 cm³/mol. The lowest BCUT2D eigenvalue weighted by atomic mass is 10.2. The van der Waals surface area contributed by atoms with E-state index in [1.54, 1.807) is 22.4 Å². The Morgan fingerprint density at radius 3 is 2.68 bits per heavy atom. The monoisotopic (exact) mass is 463 g/mol. The first kappa shape index (κ1) is 22.0. The molecule has 2 aliphatic heterocycles. The van der Waals surface area contributed by atoms with Crippen LogP contribution in [0.1, 0.15) is 23.3 Å². The van der Waals surface area contributed by atoms with Gasteiger partial charge in [0.2, 0.25) is 5.91 Å². The van der Waals surface area contributed by atoms with Crippen LogP contribution in [0.15, 0.2) is 29.6 Å². The summed E-state index contributed by atoms with van der Waals surface area (Å²) < 4.78 is 5.53. The van der Waals surface area contributed by atoms with Crippen LogP contribution in [0, 0.1) is 0 Å². The van der Waals surface area contributed by atoms with Crippen molar-refractivity contribution in [2.24, 2.45) is 0 Å². The number of carbonyl (C=O) groups excluding carboxylic acids is 2. The summed E-state index contributed by atoms with van der Waals surface area (Å²) in [4.78, 5) is 33.3. The molecule has 2 aliphatic rings. The molecule has 1 unspecified atom stereocenters. The van der Waals surface area contributed by atoms with Crippen molar-refractivity contribution in [1.29, 1.82) is 0 Å². The molecule has 1 atom stereocenters. The molecule has 0 aliphatic carbocycles. The molecule has 2 amide bonds. The molecular weight excluding hydrogens is 438 g/mol. The van der Waals surface area contributed by atoms with Gasteiger partial charge >= 0.3 is 0 Å². The number of carbonyl (C=O) groups is 2. The highest BCUT2D eigenvalue weighted by atomic mass is 35.5. The van der Waals surface area contributed by atoms with Gasteiger partial charge in [0.15, 0.2) is 5.13 Å². The van der Waals surface area contributed by atoms with Crippen molar-refractivity contribution in [2.75, 3.05) is 51.2 Å². The number of benzene rings is 1. The number of ether oxygens (including phenoxy) is 1. The molecule has 0 saturated carbocycles. The molecule has 0 spiro atoms. The van der Waals surface area contributed by atoms with E-state index in [2.05, 4.69) is 20.5 Å². The van der Waals surface area contributed by atoms with Crippen LogP contribution in [-0.4, -0.2) is 78.6 Å². The Bertz CT molecular complexity index is 893. The lowest BCUT2D eigenvalue weighted by Crippen LogP contribution is -2.51. The van der Waals surface area contributed by atoms with Crippen molar-refractivity contribution in [3.8, 4) is 0 Å². The third-order valence-electron chi connectivity index (χ3n) is 5.40. The number of amides is 2. The molecule has 166 valence electrons. The number of rotatable bonds is 7. The number of nitrogens with zero attached hydrogens (tertiary/aromatic N) is 3. The van der Waals surface area contributed by atoms with Crippen molar-refractivity contribution in [2.45, 2.75) is 18.9 Å². The standard InChI is InChI=1S/C21H26ClN5O3S/c22-15-3-5-16(6-4-15)24-21-25-18(14-31-21)20(29)27-9-7-26(8-10-27)13-19(28)23-12-17-2-1-11-30-17/h3-6,14,17H,1-2,7-13H2,(H,23,28)(H,24,25). The average molecular weight is 464 g/mol. The van der Waals surface area contributed by atoms with Crippen LogP contribution in [0.3, 0.4) is 0 Å². The highest BCUT2D eigenvalue weighted by Gasteiger charge is 2.25. The lowest BCUT2D eigenvalue weighted by molar-refractivity contribution is -0.123. The van der Waals surface area contributed by atoms with E-state index in [9.17, 15) is 9.59 Å². The average Bonchev–Trinajstić information content (AvgIpc) is 3.46. The summed E-state index contributed by atoms with van der Waals surface area (Å²) in [5, 5.41) is 9.23. The normalized spacial score (nSPS) is 19.4. The molecule has 1 aromatic heterocycles. The van der Waals surface area contributed by atoms with Crippen LogP contribution in [0.4, 0.5) is 10.8 Å². The largest absolute Gasteiger partial charge is 0.376 e. The zero-order valence-corrected chi connectivity index (χ0v) is 18.8. The summed E-state index contributed by atoms with van der Waals surface area (Å²) in [6.45, 7) is 4.20. The smallest absolute Gasteiger partial charge is 0.273 e. The van der Waals surface area contributed by atoms with Crippen LogP contribution in [0.25, 0.3) is 0 Å². The Hall–Kier alpha value is -2.20. The van der Waals surface area contributed by atoms with Crippen molar-refractivity contribution in [1.82, 2.24) is 20.1 Å². The summed E-state index contributed by atoms with van der Waals surface area (Å²) in [5.74, 6) is -0.0735. The van der Waals surface area contributed by atoms with Gasteiger partial charge in [0.1, 0.15) is 5.69 Å². The van der Waals surface area contributed by atoms with E-state index in [-0.39, 0.29) is 17.9 Å². The molecule has 3 heterocycles. The first-order chi connectivity index (χ1) is 15.1. The van der Waals surface area contributed by atoms with E-state index in [0.717, 1.165) is 25.1 Å². The minimum absolute atomic E-state index is 0.00712. The van der Waals surface area contributed by atoms with Gasteiger partial charge in [-0.3, -0.25) is 14.5 Å².